The number of carbonyl (C=O) groups excluding carboxylic acids is 1. The second kappa shape index (κ2) is 4.66. The fraction of sp³-hybridized carbons (Fsp3) is 0.462. The number of benzene rings is 1. The molecule has 1 heterocycles. The molecular formula is C13H18N2O. The van der Waals surface area contributed by atoms with Crippen molar-refractivity contribution >= 4 is 11.6 Å². The molecule has 0 spiro atoms. The van der Waals surface area contributed by atoms with E-state index >= 15 is 0 Å². The molecule has 3 N–H and O–H groups in total. The van der Waals surface area contributed by atoms with Gasteiger partial charge < -0.3 is 11.1 Å². The topological polar surface area (TPSA) is 55.1 Å². The molecule has 1 aliphatic heterocycles. The lowest BCUT2D eigenvalue weighted by Gasteiger charge is -2.21. The first kappa shape index (κ1) is 11.1. The Bertz CT molecular complexity index is 413. The van der Waals surface area contributed by atoms with Crippen molar-refractivity contribution in [2.45, 2.75) is 32.6 Å². The van der Waals surface area contributed by atoms with E-state index in [4.69, 9.17) is 5.73 Å². The Hall–Kier alpha value is -1.35. The van der Waals surface area contributed by atoms with Crippen LogP contribution in [0.1, 0.15) is 29.5 Å². The van der Waals surface area contributed by atoms with Gasteiger partial charge in [0.05, 0.1) is 0 Å². The first-order valence-electron chi connectivity index (χ1n) is 5.83. The predicted molar refractivity (Wildman–Crippen MR) is 65.5 cm³/mol. The van der Waals surface area contributed by atoms with Crippen LogP contribution in [0.3, 0.4) is 0 Å². The van der Waals surface area contributed by atoms with Crippen LogP contribution >= 0.6 is 0 Å². The number of nitrogens with two attached hydrogens (primary N) is 1. The van der Waals surface area contributed by atoms with E-state index in [1.807, 2.05) is 0 Å². The summed E-state index contributed by atoms with van der Waals surface area (Å²) in [6.45, 7) is 2.79. The van der Waals surface area contributed by atoms with Crippen LogP contribution in [0.5, 0.6) is 0 Å². The van der Waals surface area contributed by atoms with Crippen LogP contribution < -0.4 is 11.1 Å². The van der Waals surface area contributed by atoms with Crippen LogP contribution in [-0.2, 0) is 17.6 Å². The number of rotatable bonds is 3. The van der Waals surface area contributed by atoms with E-state index in [9.17, 15) is 4.79 Å². The SMILES string of the molecule is Cc1cc(CCCN)c2c(c1)CCC(=O)N2. The molecule has 1 aromatic carbocycles. The van der Waals surface area contributed by atoms with E-state index in [-0.39, 0.29) is 5.91 Å². The maximum Gasteiger partial charge on any atom is 0.224 e. The normalized spacial score (nSPS) is 14.5. The third-order valence-electron chi connectivity index (χ3n) is 2.98. The van der Waals surface area contributed by atoms with Crippen LogP contribution in [-0.4, -0.2) is 12.5 Å². The van der Waals surface area contributed by atoms with Gasteiger partial charge in [0.15, 0.2) is 0 Å². The fourth-order valence-electron chi connectivity index (χ4n) is 2.24. The summed E-state index contributed by atoms with van der Waals surface area (Å²) in [5, 5.41) is 2.98. The largest absolute Gasteiger partial charge is 0.330 e. The van der Waals surface area contributed by atoms with Crippen LogP contribution in [0.25, 0.3) is 0 Å². The molecule has 0 saturated heterocycles. The Labute approximate surface area is 96.0 Å². The Morgan fingerprint density at radius 2 is 2.19 bits per heavy atom. The van der Waals surface area contributed by atoms with Gasteiger partial charge in [-0.3, -0.25) is 4.79 Å². The van der Waals surface area contributed by atoms with Crippen molar-refractivity contribution in [3.05, 3.63) is 28.8 Å². The second-order valence-electron chi connectivity index (χ2n) is 4.40. The van der Waals surface area contributed by atoms with Gasteiger partial charge in [-0.1, -0.05) is 17.7 Å². The lowest BCUT2D eigenvalue weighted by molar-refractivity contribution is -0.116. The molecule has 0 radical (unpaired) electrons. The van der Waals surface area contributed by atoms with Crippen molar-refractivity contribution in [1.82, 2.24) is 0 Å². The molecule has 0 bridgehead atoms. The molecule has 86 valence electrons. The fourth-order valence-corrected chi connectivity index (χ4v) is 2.24. The van der Waals surface area contributed by atoms with Crippen LogP contribution in [0, 0.1) is 6.92 Å². The van der Waals surface area contributed by atoms with Crippen molar-refractivity contribution in [2.24, 2.45) is 5.73 Å². The molecule has 2 rings (SSSR count). The molecule has 0 aliphatic carbocycles. The third-order valence-corrected chi connectivity index (χ3v) is 2.98. The van der Waals surface area contributed by atoms with Crippen molar-refractivity contribution in [3.63, 3.8) is 0 Å². The van der Waals surface area contributed by atoms with Gasteiger partial charge in [-0.2, -0.15) is 0 Å². The molecule has 3 heteroatoms. The maximum absolute atomic E-state index is 11.4. The van der Waals surface area contributed by atoms with Crippen LogP contribution in [0.15, 0.2) is 12.1 Å². The Morgan fingerprint density at radius 1 is 1.38 bits per heavy atom. The summed E-state index contributed by atoms with van der Waals surface area (Å²) >= 11 is 0. The molecule has 3 nitrogen and oxygen atoms in total. The summed E-state index contributed by atoms with van der Waals surface area (Å²) in [7, 11) is 0. The Morgan fingerprint density at radius 3 is 2.94 bits per heavy atom. The monoisotopic (exact) mass is 218 g/mol. The van der Waals surface area contributed by atoms with E-state index in [2.05, 4.69) is 24.4 Å². The molecule has 0 unspecified atom stereocenters. The third kappa shape index (κ3) is 2.25. The minimum absolute atomic E-state index is 0.130. The van der Waals surface area contributed by atoms with E-state index in [0.717, 1.165) is 24.9 Å². The minimum atomic E-state index is 0.130. The van der Waals surface area contributed by atoms with E-state index in [0.29, 0.717) is 13.0 Å². The number of fused-ring (bicyclic) bond motifs is 1. The highest BCUT2D eigenvalue weighted by Gasteiger charge is 2.17. The zero-order valence-corrected chi connectivity index (χ0v) is 9.68. The number of anilines is 1. The Balaban J connectivity index is 2.35. The first-order chi connectivity index (χ1) is 7.70. The van der Waals surface area contributed by atoms with Gasteiger partial charge in [0, 0.05) is 12.1 Å². The number of nitrogens with one attached hydrogen (secondary N) is 1. The highest BCUT2D eigenvalue weighted by atomic mass is 16.1. The van der Waals surface area contributed by atoms with Crippen molar-refractivity contribution in [3.8, 4) is 0 Å². The summed E-state index contributed by atoms with van der Waals surface area (Å²) < 4.78 is 0. The molecule has 0 saturated carbocycles. The summed E-state index contributed by atoms with van der Waals surface area (Å²) in [5.74, 6) is 0.130. The van der Waals surface area contributed by atoms with E-state index in [1.165, 1.54) is 16.7 Å². The average molecular weight is 218 g/mol. The average Bonchev–Trinajstić information content (AvgIpc) is 2.26. The number of carbonyl (C=O) groups is 1. The zero-order valence-electron chi connectivity index (χ0n) is 9.68. The molecule has 0 aromatic heterocycles. The second-order valence-corrected chi connectivity index (χ2v) is 4.40. The van der Waals surface area contributed by atoms with Crippen LogP contribution in [0.2, 0.25) is 0 Å². The smallest absolute Gasteiger partial charge is 0.224 e. The van der Waals surface area contributed by atoms with Gasteiger partial charge in [0.1, 0.15) is 0 Å². The maximum atomic E-state index is 11.4. The van der Waals surface area contributed by atoms with Gasteiger partial charge in [-0.25, -0.2) is 0 Å². The van der Waals surface area contributed by atoms with Crippen molar-refractivity contribution in [2.75, 3.05) is 11.9 Å². The van der Waals surface area contributed by atoms with Gasteiger partial charge >= 0.3 is 0 Å². The van der Waals surface area contributed by atoms with Crippen LogP contribution in [0.4, 0.5) is 5.69 Å². The first-order valence-corrected chi connectivity index (χ1v) is 5.83. The highest BCUT2D eigenvalue weighted by molar-refractivity contribution is 5.94. The zero-order chi connectivity index (χ0) is 11.5. The molecule has 0 fully saturated rings. The van der Waals surface area contributed by atoms with Gasteiger partial charge in [0.25, 0.3) is 0 Å². The van der Waals surface area contributed by atoms with Crippen molar-refractivity contribution in [1.29, 1.82) is 0 Å². The summed E-state index contributed by atoms with van der Waals surface area (Å²) in [6, 6.07) is 4.32. The predicted octanol–water partition coefficient (Wildman–Crippen LogP) is 1.77. The van der Waals surface area contributed by atoms with Gasteiger partial charge in [0.2, 0.25) is 5.91 Å². The number of hydrogen-bond acceptors (Lipinski definition) is 2. The quantitative estimate of drug-likeness (QED) is 0.812. The lowest BCUT2D eigenvalue weighted by atomic mass is 9.94. The molecule has 1 aromatic rings. The van der Waals surface area contributed by atoms with E-state index in [1.54, 1.807) is 0 Å². The number of aryl methyl sites for hydroxylation is 3. The van der Waals surface area contributed by atoms with Gasteiger partial charge in [-0.05, 0) is 43.9 Å². The summed E-state index contributed by atoms with van der Waals surface area (Å²) in [5.41, 5.74) is 10.3. The van der Waals surface area contributed by atoms with Crippen molar-refractivity contribution < 1.29 is 4.79 Å². The molecule has 1 amide bonds. The number of amides is 1. The number of hydrogen-bond donors (Lipinski definition) is 2. The Kier molecular flexibility index (Phi) is 3.25. The van der Waals surface area contributed by atoms with E-state index < -0.39 is 0 Å². The summed E-state index contributed by atoms with van der Waals surface area (Å²) in [6.07, 6.45) is 3.37. The van der Waals surface area contributed by atoms with Gasteiger partial charge in [-0.15, -0.1) is 0 Å². The molecule has 0 atom stereocenters. The minimum Gasteiger partial charge on any atom is -0.330 e. The lowest BCUT2D eigenvalue weighted by Crippen LogP contribution is -2.20. The molecule has 16 heavy (non-hydrogen) atoms. The highest BCUT2D eigenvalue weighted by Crippen LogP contribution is 2.28. The summed E-state index contributed by atoms with van der Waals surface area (Å²) in [4.78, 5) is 11.4. The molecular weight excluding hydrogens is 200 g/mol. The standard InChI is InChI=1S/C13H18N2O/c1-9-7-10(3-2-6-14)13-11(8-9)4-5-12(16)15-13/h7-8H,2-6,14H2,1H3,(H,15,16). The molecule has 1 aliphatic rings.